The zero-order valence-electron chi connectivity index (χ0n) is 28.5. The zero-order valence-corrected chi connectivity index (χ0v) is 29.4. The van der Waals surface area contributed by atoms with Crippen molar-refractivity contribution in [1.82, 2.24) is 34.6 Å². The van der Waals surface area contributed by atoms with Gasteiger partial charge in [-0.1, -0.05) is 60.7 Å². The van der Waals surface area contributed by atoms with Gasteiger partial charge in [-0.15, -0.1) is 0 Å². The molecule has 2 aromatic carbocycles. The topological polar surface area (TPSA) is 184 Å². The van der Waals surface area contributed by atoms with Gasteiger partial charge in [0.2, 0.25) is 7.44 Å². The highest BCUT2D eigenvalue weighted by Crippen LogP contribution is 2.38. The molecule has 0 saturated heterocycles. The molecular weight excluding hydrogens is 659 g/mol. The highest BCUT2D eigenvalue weighted by atomic mass is 31.2. The monoisotopic (exact) mass is 704 g/mol. The Morgan fingerprint density at radius 1 is 0.920 bits per heavy atom. The third kappa shape index (κ3) is 11.5. The predicted molar refractivity (Wildman–Crippen MR) is 189 cm³/mol. The molecule has 0 aliphatic heterocycles. The number of imidazole rings is 1. The summed E-state index contributed by atoms with van der Waals surface area (Å²) in [5, 5.41) is 15.5. The molecular formula is C35H45N8O6P. The van der Waals surface area contributed by atoms with Crippen molar-refractivity contribution >= 4 is 30.5 Å². The van der Waals surface area contributed by atoms with Crippen molar-refractivity contribution in [3.63, 3.8) is 0 Å². The van der Waals surface area contributed by atoms with Crippen LogP contribution in [0, 0.1) is 11.3 Å². The van der Waals surface area contributed by atoms with Gasteiger partial charge in [0.15, 0.2) is 11.2 Å². The summed E-state index contributed by atoms with van der Waals surface area (Å²) in [6.45, 7) is 5.38. The van der Waals surface area contributed by atoms with Crippen LogP contribution in [0.4, 0.5) is 0 Å². The Bertz CT molecular complexity index is 1740. The Morgan fingerprint density at radius 2 is 1.50 bits per heavy atom. The molecule has 14 nitrogen and oxygen atoms in total. The number of nitrogens with one attached hydrogen (secondary N) is 3. The summed E-state index contributed by atoms with van der Waals surface area (Å²) in [6.07, 6.45) is 4.22. The number of carbonyl (C=O) groups is 2. The molecule has 4 rings (SSSR count). The van der Waals surface area contributed by atoms with E-state index in [1.54, 1.807) is 24.7 Å². The number of ether oxygens (including phenoxy) is 2. The summed E-state index contributed by atoms with van der Waals surface area (Å²) >= 11 is 0. The highest BCUT2D eigenvalue weighted by molar-refractivity contribution is 7.60. The summed E-state index contributed by atoms with van der Waals surface area (Å²) in [5.74, 6) is -1.12. The number of unbranched alkanes of at least 4 members (excludes halogenated alkanes) is 1. The van der Waals surface area contributed by atoms with E-state index >= 15 is 4.57 Å². The Balaban J connectivity index is 1.63. The molecule has 0 saturated carbocycles. The second-order valence-electron chi connectivity index (χ2n) is 11.7. The molecule has 0 spiro atoms. The number of aromatic nitrogens is 4. The molecule has 4 aromatic rings. The average Bonchev–Trinajstić information content (AvgIpc) is 3.54. The number of hydrogen-bond donors (Lipinski definition) is 3. The van der Waals surface area contributed by atoms with E-state index in [2.05, 4.69) is 36.1 Å². The lowest BCUT2D eigenvalue weighted by atomic mass is 10.1. The van der Waals surface area contributed by atoms with Crippen LogP contribution in [0.25, 0.3) is 11.2 Å². The van der Waals surface area contributed by atoms with Crippen molar-refractivity contribution in [2.24, 2.45) is 0 Å². The molecule has 2 aromatic heterocycles. The summed E-state index contributed by atoms with van der Waals surface area (Å²) in [5.41, 5.74) is 2.02. The van der Waals surface area contributed by atoms with Crippen molar-refractivity contribution < 1.29 is 23.6 Å². The first-order valence-electron chi connectivity index (χ1n) is 16.8. The normalized spacial score (nSPS) is 12.8. The number of H-pyrrole nitrogens is 1. The second-order valence-corrected chi connectivity index (χ2v) is 14.1. The number of aromatic amines is 1. The van der Waals surface area contributed by atoms with Crippen molar-refractivity contribution in [3.05, 3.63) is 94.8 Å². The van der Waals surface area contributed by atoms with Gasteiger partial charge in [-0.3, -0.25) is 18.9 Å². The third-order valence-corrected chi connectivity index (χ3v) is 10.3. The maximum Gasteiger partial charge on any atom is 0.323 e. The first-order valence-corrected chi connectivity index (χ1v) is 18.7. The molecule has 15 heteroatoms. The van der Waals surface area contributed by atoms with Crippen LogP contribution in [0.2, 0.25) is 0 Å². The summed E-state index contributed by atoms with van der Waals surface area (Å²) in [7, 11) is -3.77. The minimum absolute atomic E-state index is 0.0253. The van der Waals surface area contributed by atoms with Crippen LogP contribution in [0.1, 0.15) is 37.8 Å². The highest BCUT2D eigenvalue weighted by Gasteiger charge is 2.35. The Kier molecular flexibility index (Phi) is 14.9. The quantitative estimate of drug-likeness (QED) is 0.0653. The molecule has 0 aliphatic rings. The van der Waals surface area contributed by atoms with E-state index in [0.29, 0.717) is 38.1 Å². The van der Waals surface area contributed by atoms with Crippen molar-refractivity contribution in [3.8, 4) is 6.07 Å². The van der Waals surface area contributed by atoms with Gasteiger partial charge in [-0.05, 0) is 50.8 Å². The molecule has 0 radical (unpaired) electrons. The summed E-state index contributed by atoms with van der Waals surface area (Å²) in [4.78, 5) is 51.8. The predicted octanol–water partition coefficient (Wildman–Crippen LogP) is 3.45. The van der Waals surface area contributed by atoms with E-state index in [9.17, 15) is 19.6 Å². The number of benzene rings is 2. The first kappa shape index (κ1) is 38.1. The molecule has 2 heterocycles. The lowest BCUT2D eigenvalue weighted by Gasteiger charge is -2.31. The Morgan fingerprint density at radius 3 is 2.04 bits per heavy atom. The maximum atomic E-state index is 15.1. The summed E-state index contributed by atoms with van der Waals surface area (Å²) in [6, 6.07) is 18.9. The van der Waals surface area contributed by atoms with Crippen LogP contribution < -0.4 is 15.7 Å². The van der Waals surface area contributed by atoms with E-state index in [4.69, 9.17) is 9.47 Å². The van der Waals surface area contributed by atoms with E-state index in [1.807, 2.05) is 60.7 Å². The van der Waals surface area contributed by atoms with Gasteiger partial charge < -0.3 is 23.9 Å². The number of nitriles is 1. The molecule has 266 valence electrons. The number of hydrogen-bond acceptors (Lipinski definition) is 10. The van der Waals surface area contributed by atoms with Crippen LogP contribution in [0.5, 0.6) is 0 Å². The van der Waals surface area contributed by atoms with Crippen LogP contribution in [0.3, 0.4) is 0 Å². The van der Waals surface area contributed by atoms with Crippen molar-refractivity contribution in [2.75, 3.05) is 39.0 Å². The molecule has 50 heavy (non-hydrogen) atoms. The van der Waals surface area contributed by atoms with Gasteiger partial charge >= 0.3 is 11.9 Å². The fraction of sp³-hybridized carbons (Fsp3) is 0.429. The van der Waals surface area contributed by atoms with Gasteiger partial charge in [-0.2, -0.15) is 5.26 Å². The molecule has 0 bridgehead atoms. The molecule has 2 atom stereocenters. The Hall–Kier alpha value is -4.67. The second kappa shape index (κ2) is 19.5. The van der Waals surface area contributed by atoms with Crippen molar-refractivity contribution in [2.45, 2.75) is 58.2 Å². The number of fused-ring (bicyclic) bond motifs is 1. The minimum Gasteiger partial charge on any atom is -0.465 e. The summed E-state index contributed by atoms with van der Waals surface area (Å²) < 4.78 is 27.7. The van der Waals surface area contributed by atoms with Gasteiger partial charge in [-0.25, -0.2) is 20.1 Å². The molecule has 0 amide bonds. The average molecular weight is 705 g/mol. The Labute approximate surface area is 291 Å². The third-order valence-electron chi connectivity index (χ3n) is 8.00. The van der Waals surface area contributed by atoms with E-state index in [-0.39, 0.29) is 49.8 Å². The van der Waals surface area contributed by atoms with Crippen molar-refractivity contribution in [1.29, 1.82) is 5.26 Å². The van der Waals surface area contributed by atoms with E-state index in [1.165, 1.54) is 6.33 Å². The number of rotatable bonds is 21. The van der Waals surface area contributed by atoms with Gasteiger partial charge in [0.25, 0.3) is 5.56 Å². The fourth-order valence-corrected chi connectivity index (χ4v) is 7.82. The standard InChI is InChI=1S/C35H45N8O6P/c1-3-48-34(45)29(23-27-13-7-5-8-14-27)40-50(47,41-30(35(46)49-4-2)24-28-15-9-6-10-16-28)22-21-42(18-12-11-17-36)19-20-43-26-39-31-32(43)37-25-38-33(31)44/h5-10,13-16,25-26,29-30H,3-4,11-12,18-24H2,1-2H3,(H,37,38,44)(H2,40,41,47)/t29-,30-/m0/s1. The SMILES string of the molecule is CCOC(=O)[C@H](Cc1ccccc1)NP(=O)(CCN(CCCC#N)CCn1cnc2c(=O)[nH]cnc21)N[C@@H](Cc1ccccc1)C(=O)OCC. The van der Waals surface area contributed by atoms with Crippen LogP contribution >= 0.6 is 7.44 Å². The van der Waals surface area contributed by atoms with Crippen LogP contribution in [-0.2, 0) is 43.0 Å². The molecule has 0 fully saturated rings. The molecule has 3 N–H and O–H groups in total. The number of carbonyl (C=O) groups excluding carboxylic acids is 2. The molecule has 0 unspecified atom stereocenters. The van der Waals surface area contributed by atoms with Gasteiger partial charge in [0, 0.05) is 32.2 Å². The van der Waals surface area contributed by atoms with Gasteiger partial charge in [0.1, 0.15) is 12.1 Å². The largest absolute Gasteiger partial charge is 0.465 e. The van der Waals surface area contributed by atoms with Crippen LogP contribution in [0.15, 0.2) is 78.1 Å². The first-order chi connectivity index (χ1) is 24.2. The zero-order chi connectivity index (χ0) is 35.8. The minimum atomic E-state index is -3.77. The van der Waals surface area contributed by atoms with Crippen LogP contribution in [-0.4, -0.2) is 87.5 Å². The lowest BCUT2D eigenvalue weighted by Crippen LogP contribution is -2.47. The fourth-order valence-electron chi connectivity index (χ4n) is 5.52. The number of nitrogens with zero attached hydrogens (tertiary/aromatic N) is 5. The lowest BCUT2D eigenvalue weighted by molar-refractivity contribution is -0.145. The smallest absolute Gasteiger partial charge is 0.323 e. The van der Waals surface area contributed by atoms with E-state index < -0.39 is 31.5 Å². The maximum absolute atomic E-state index is 15.1. The molecule has 0 aliphatic carbocycles. The van der Waals surface area contributed by atoms with Gasteiger partial charge in [0.05, 0.1) is 31.9 Å². The van der Waals surface area contributed by atoms with E-state index in [0.717, 1.165) is 11.1 Å². The number of esters is 2.